The predicted octanol–water partition coefficient (Wildman–Crippen LogP) is 0.889. The number of carbonyl (C=O) groups excluding carboxylic acids is 1. The largest absolute Gasteiger partial charge is 0.383 e. The summed E-state index contributed by atoms with van der Waals surface area (Å²) in [5.74, 6) is 0.148. The lowest BCUT2D eigenvalue weighted by Gasteiger charge is -2.21. The van der Waals surface area contributed by atoms with Crippen molar-refractivity contribution in [2.75, 3.05) is 32.1 Å². The zero-order valence-corrected chi connectivity index (χ0v) is 11.9. The van der Waals surface area contributed by atoms with Crippen molar-refractivity contribution >= 4 is 24.0 Å². The molecule has 0 spiro atoms. The highest BCUT2D eigenvalue weighted by Gasteiger charge is 2.21. The molecule has 2 N–H and O–H groups in total. The number of anilines is 1. The summed E-state index contributed by atoms with van der Waals surface area (Å²) in [6.07, 6.45) is 5.51. The average Bonchev–Trinajstić information content (AvgIpc) is 2.85. The second kappa shape index (κ2) is 8.14. The summed E-state index contributed by atoms with van der Waals surface area (Å²) >= 11 is 0. The number of methoxy groups -OCH3 is 1. The number of hydrogen-bond donors (Lipinski definition) is 2. The first-order valence-electron chi connectivity index (χ1n) is 6.32. The Labute approximate surface area is 119 Å². The van der Waals surface area contributed by atoms with Crippen LogP contribution in [0.25, 0.3) is 0 Å². The lowest BCUT2D eigenvalue weighted by molar-refractivity contribution is -0.120. The Morgan fingerprint density at radius 2 is 2.53 bits per heavy atom. The van der Waals surface area contributed by atoms with Crippen molar-refractivity contribution in [1.29, 1.82) is 0 Å². The van der Waals surface area contributed by atoms with Crippen LogP contribution in [0, 0.1) is 5.92 Å². The van der Waals surface area contributed by atoms with Gasteiger partial charge in [-0.2, -0.15) is 5.10 Å². The van der Waals surface area contributed by atoms with Crippen LogP contribution in [0.15, 0.2) is 12.4 Å². The molecule has 1 atom stereocenters. The maximum absolute atomic E-state index is 12.0. The number of nitrogens with zero attached hydrogens (tertiary/aromatic N) is 2. The Balaban J connectivity index is 0.00000180. The van der Waals surface area contributed by atoms with Crippen LogP contribution < -0.4 is 10.6 Å². The summed E-state index contributed by atoms with van der Waals surface area (Å²) in [6.45, 7) is 3.08. The number of amides is 1. The molecule has 0 aliphatic carbocycles. The summed E-state index contributed by atoms with van der Waals surface area (Å²) in [5.41, 5.74) is 0.752. The highest BCUT2D eigenvalue weighted by molar-refractivity contribution is 5.92. The van der Waals surface area contributed by atoms with Gasteiger partial charge in [0.2, 0.25) is 5.91 Å². The first kappa shape index (κ1) is 15.9. The zero-order chi connectivity index (χ0) is 12.8. The predicted molar refractivity (Wildman–Crippen MR) is 75.6 cm³/mol. The second-order valence-electron chi connectivity index (χ2n) is 4.52. The van der Waals surface area contributed by atoms with Crippen molar-refractivity contribution in [3.63, 3.8) is 0 Å². The number of aromatic nitrogens is 2. The van der Waals surface area contributed by atoms with Crippen molar-refractivity contribution in [2.24, 2.45) is 5.92 Å². The van der Waals surface area contributed by atoms with Crippen LogP contribution >= 0.6 is 12.4 Å². The molecule has 1 saturated heterocycles. The molecule has 0 bridgehead atoms. The fraction of sp³-hybridized carbons (Fsp3) is 0.667. The molecule has 0 radical (unpaired) electrons. The van der Waals surface area contributed by atoms with Gasteiger partial charge < -0.3 is 15.4 Å². The Bertz CT molecular complexity index is 391. The smallest absolute Gasteiger partial charge is 0.228 e. The van der Waals surface area contributed by atoms with Crippen molar-refractivity contribution in [3.8, 4) is 0 Å². The molecule has 1 amide bonds. The maximum atomic E-state index is 12.0. The van der Waals surface area contributed by atoms with E-state index in [1.807, 2.05) is 6.20 Å². The van der Waals surface area contributed by atoms with Crippen molar-refractivity contribution < 1.29 is 9.53 Å². The fourth-order valence-corrected chi connectivity index (χ4v) is 2.06. The molecule has 1 aliphatic rings. The number of ether oxygens (including phenoxy) is 1. The highest BCUT2D eigenvalue weighted by Crippen LogP contribution is 2.13. The van der Waals surface area contributed by atoms with E-state index in [0.717, 1.165) is 31.6 Å². The first-order chi connectivity index (χ1) is 8.79. The van der Waals surface area contributed by atoms with Gasteiger partial charge in [0.15, 0.2) is 0 Å². The number of halogens is 1. The van der Waals surface area contributed by atoms with E-state index in [4.69, 9.17) is 4.74 Å². The van der Waals surface area contributed by atoms with E-state index < -0.39 is 0 Å². The zero-order valence-electron chi connectivity index (χ0n) is 11.1. The van der Waals surface area contributed by atoms with Crippen LogP contribution in [0.4, 0.5) is 5.69 Å². The molecular formula is C12H21ClN4O2. The van der Waals surface area contributed by atoms with E-state index in [-0.39, 0.29) is 24.2 Å². The molecule has 1 aliphatic heterocycles. The Morgan fingerprint density at radius 3 is 3.21 bits per heavy atom. The van der Waals surface area contributed by atoms with Gasteiger partial charge in [-0.1, -0.05) is 0 Å². The lowest BCUT2D eigenvalue weighted by atomic mass is 9.99. The third-order valence-electron chi connectivity index (χ3n) is 3.09. The number of hydrogen-bond acceptors (Lipinski definition) is 4. The number of carbonyl (C=O) groups is 1. The van der Waals surface area contributed by atoms with Crippen molar-refractivity contribution in [2.45, 2.75) is 19.4 Å². The molecule has 2 heterocycles. The van der Waals surface area contributed by atoms with E-state index in [9.17, 15) is 4.79 Å². The summed E-state index contributed by atoms with van der Waals surface area (Å²) in [6, 6.07) is 0. The molecule has 1 aromatic heterocycles. The molecule has 7 heteroatoms. The van der Waals surface area contributed by atoms with Gasteiger partial charge in [0, 0.05) is 19.9 Å². The standard InChI is InChI=1S/C12H20N4O2.ClH/c1-18-6-5-16-9-11(8-14-16)15-12(17)10-3-2-4-13-7-10;/h8-10,13H,2-7H2,1H3,(H,15,17);1H/t10-;/m1./s1. The Morgan fingerprint density at radius 1 is 1.68 bits per heavy atom. The number of nitrogens with one attached hydrogen (secondary N) is 2. The minimum atomic E-state index is 0. The van der Waals surface area contributed by atoms with E-state index in [0.29, 0.717) is 13.2 Å². The van der Waals surface area contributed by atoms with E-state index in [1.54, 1.807) is 18.0 Å². The Hall–Kier alpha value is -1.11. The molecule has 0 saturated carbocycles. The topological polar surface area (TPSA) is 68.2 Å². The number of rotatable bonds is 5. The maximum Gasteiger partial charge on any atom is 0.228 e. The summed E-state index contributed by atoms with van der Waals surface area (Å²) in [4.78, 5) is 12.0. The van der Waals surface area contributed by atoms with Gasteiger partial charge in [-0.3, -0.25) is 9.48 Å². The van der Waals surface area contributed by atoms with E-state index in [2.05, 4.69) is 15.7 Å². The van der Waals surface area contributed by atoms with Crippen LogP contribution in [-0.4, -0.2) is 42.5 Å². The first-order valence-corrected chi connectivity index (χ1v) is 6.32. The molecule has 2 rings (SSSR count). The monoisotopic (exact) mass is 288 g/mol. The van der Waals surface area contributed by atoms with Gasteiger partial charge in [-0.05, 0) is 19.4 Å². The SMILES string of the molecule is COCCn1cc(NC(=O)[C@@H]2CCCNC2)cn1.Cl. The number of piperidine rings is 1. The van der Waals surface area contributed by atoms with Crippen LogP contribution in [0.2, 0.25) is 0 Å². The van der Waals surface area contributed by atoms with E-state index in [1.165, 1.54) is 0 Å². The molecular weight excluding hydrogens is 268 g/mol. The van der Waals surface area contributed by atoms with Crippen molar-refractivity contribution in [3.05, 3.63) is 12.4 Å². The van der Waals surface area contributed by atoms with Gasteiger partial charge in [-0.25, -0.2) is 0 Å². The molecule has 6 nitrogen and oxygen atoms in total. The molecule has 0 unspecified atom stereocenters. The van der Waals surface area contributed by atoms with Crippen molar-refractivity contribution in [1.82, 2.24) is 15.1 Å². The summed E-state index contributed by atoms with van der Waals surface area (Å²) < 4.78 is 6.74. The minimum absolute atomic E-state index is 0. The van der Waals surface area contributed by atoms with Gasteiger partial charge in [0.05, 0.1) is 31.0 Å². The summed E-state index contributed by atoms with van der Waals surface area (Å²) in [5, 5.41) is 10.3. The van der Waals surface area contributed by atoms with Gasteiger partial charge >= 0.3 is 0 Å². The van der Waals surface area contributed by atoms with Crippen LogP contribution in [0.5, 0.6) is 0 Å². The Kier molecular flexibility index (Phi) is 6.83. The van der Waals surface area contributed by atoms with Gasteiger partial charge in [-0.15, -0.1) is 12.4 Å². The van der Waals surface area contributed by atoms with Gasteiger partial charge in [0.25, 0.3) is 0 Å². The van der Waals surface area contributed by atoms with Gasteiger partial charge in [0.1, 0.15) is 0 Å². The minimum Gasteiger partial charge on any atom is -0.383 e. The molecule has 0 aromatic carbocycles. The third kappa shape index (κ3) is 4.81. The second-order valence-corrected chi connectivity index (χ2v) is 4.52. The molecule has 19 heavy (non-hydrogen) atoms. The third-order valence-corrected chi connectivity index (χ3v) is 3.09. The summed E-state index contributed by atoms with van der Waals surface area (Å²) in [7, 11) is 1.66. The van der Waals surface area contributed by atoms with Crippen LogP contribution in [-0.2, 0) is 16.1 Å². The van der Waals surface area contributed by atoms with Crippen LogP contribution in [0.1, 0.15) is 12.8 Å². The lowest BCUT2D eigenvalue weighted by Crippen LogP contribution is -2.37. The molecule has 108 valence electrons. The average molecular weight is 289 g/mol. The van der Waals surface area contributed by atoms with E-state index >= 15 is 0 Å². The fourth-order valence-electron chi connectivity index (χ4n) is 2.06. The molecule has 1 aromatic rings. The normalized spacial score (nSPS) is 18.7. The highest BCUT2D eigenvalue weighted by atomic mass is 35.5. The van der Waals surface area contributed by atoms with Crippen LogP contribution in [0.3, 0.4) is 0 Å². The molecule has 1 fully saturated rings. The quantitative estimate of drug-likeness (QED) is 0.844.